The van der Waals surface area contributed by atoms with Crippen LogP contribution in [0.1, 0.15) is 30.7 Å². The molecule has 0 aliphatic carbocycles. The van der Waals surface area contributed by atoms with E-state index in [0.717, 1.165) is 19.7 Å². The molecule has 2 atom stereocenters. The molecular formula is C14H19NO. The van der Waals surface area contributed by atoms with Crippen LogP contribution in [-0.4, -0.2) is 25.3 Å². The van der Waals surface area contributed by atoms with E-state index in [1.165, 1.54) is 24.8 Å². The predicted octanol–water partition coefficient (Wildman–Crippen LogP) is 2.31. The summed E-state index contributed by atoms with van der Waals surface area (Å²) in [4.78, 5) is 0. The average molecular weight is 217 g/mol. The van der Waals surface area contributed by atoms with Crippen LogP contribution in [0.3, 0.4) is 0 Å². The first-order chi connectivity index (χ1) is 7.88. The van der Waals surface area contributed by atoms with Gasteiger partial charge in [-0.05, 0) is 31.4 Å². The summed E-state index contributed by atoms with van der Waals surface area (Å²) < 4.78 is 6.09. The molecule has 2 unspecified atom stereocenters. The first kappa shape index (κ1) is 10.3. The SMILES string of the molecule is c1ccc(C2COC3(CCCNC3)C2)cc1. The molecule has 1 spiro atoms. The van der Waals surface area contributed by atoms with Crippen molar-refractivity contribution in [3.8, 4) is 0 Å². The van der Waals surface area contributed by atoms with Gasteiger partial charge in [-0.1, -0.05) is 30.3 Å². The van der Waals surface area contributed by atoms with Gasteiger partial charge >= 0.3 is 0 Å². The summed E-state index contributed by atoms with van der Waals surface area (Å²) in [7, 11) is 0. The van der Waals surface area contributed by atoms with E-state index in [9.17, 15) is 0 Å². The van der Waals surface area contributed by atoms with Crippen molar-refractivity contribution >= 4 is 0 Å². The Bertz CT molecular complexity index is 343. The van der Waals surface area contributed by atoms with E-state index >= 15 is 0 Å². The smallest absolute Gasteiger partial charge is 0.0813 e. The average Bonchev–Trinajstić information content (AvgIpc) is 2.75. The van der Waals surface area contributed by atoms with E-state index < -0.39 is 0 Å². The minimum absolute atomic E-state index is 0.138. The van der Waals surface area contributed by atoms with Crippen LogP contribution < -0.4 is 5.32 Å². The molecule has 2 aliphatic rings. The molecular weight excluding hydrogens is 198 g/mol. The molecule has 0 bridgehead atoms. The summed E-state index contributed by atoms with van der Waals surface area (Å²) in [6, 6.07) is 10.8. The lowest BCUT2D eigenvalue weighted by atomic mass is 9.85. The zero-order valence-electron chi connectivity index (χ0n) is 9.61. The Morgan fingerprint density at radius 3 is 2.88 bits per heavy atom. The molecule has 0 amide bonds. The van der Waals surface area contributed by atoms with Gasteiger partial charge in [0.15, 0.2) is 0 Å². The highest BCUT2D eigenvalue weighted by molar-refractivity contribution is 5.21. The number of nitrogens with one attached hydrogen (secondary N) is 1. The Hall–Kier alpha value is -0.860. The molecule has 86 valence electrons. The normalized spacial score (nSPS) is 34.4. The van der Waals surface area contributed by atoms with Gasteiger partial charge in [-0.25, -0.2) is 0 Å². The van der Waals surface area contributed by atoms with Gasteiger partial charge in [0.1, 0.15) is 0 Å². The third-order valence-corrected chi connectivity index (χ3v) is 3.91. The monoisotopic (exact) mass is 217 g/mol. The first-order valence-electron chi connectivity index (χ1n) is 6.28. The molecule has 2 heterocycles. The molecule has 2 fully saturated rings. The topological polar surface area (TPSA) is 21.3 Å². The Kier molecular flexibility index (Phi) is 2.70. The second-order valence-corrected chi connectivity index (χ2v) is 5.09. The lowest BCUT2D eigenvalue weighted by Gasteiger charge is -2.33. The van der Waals surface area contributed by atoms with Crippen LogP contribution in [0.25, 0.3) is 0 Å². The van der Waals surface area contributed by atoms with Crippen molar-refractivity contribution in [2.45, 2.75) is 30.8 Å². The van der Waals surface area contributed by atoms with Gasteiger partial charge in [0.05, 0.1) is 12.2 Å². The number of ether oxygens (including phenoxy) is 1. The molecule has 2 nitrogen and oxygen atoms in total. The molecule has 0 radical (unpaired) electrons. The Morgan fingerprint density at radius 2 is 2.12 bits per heavy atom. The first-order valence-corrected chi connectivity index (χ1v) is 6.28. The Balaban J connectivity index is 1.73. The molecule has 2 heteroatoms. The van der Waals surface area contributed by atoms with E-state index in [0.29, 0.717) is 5.92 Å². The van der Waals surface area contributed by atoms with Gasteiger partial charge in [0.25, 0.3) is 0 Å². The van der Waals surface area contributed by atoms with E-state index in [-0.39, 0.29) is 5.60 Å². The largest absolute Gasteiger partial charge is 0.373 e. The van der Waals surface area contributed by atoms with Crippen LogP contribution in [0.15, 0.2) is 30.3 Å². The Labute approximate surface area is 97.0 Å². The minimum atomic E-state index is 0.138. The number of piperidine rings is 1. The minimum Gasteiger partial charge on any atom is -0.373 e. The van der Waals surface area contributed by atoms with Crippen molar-refractivity contribution in [3.63, 3.8) is 0 Å². The lowest BCUT2D eigenvalue weighted by Crippen LogP contribution is -2.45. The van der Waals surface area contributed by atoms with Gasteiger partial charge in [-0.15, -0.1) is 0 Å². The molecule has 1 N–H and O–H groups in total. The fourth-order valence-corrected chi connectivity index (χ4v) is 3.02. The lowest BCUT2D eigenvalue weighted by molar-refractivity contribution is -0.0139. The van der Waals surface area contributed by atoms with Gasteiger partial charge in [-0.3, -0.25) is 0 Å². The molecule has 0 saturated carbocycles. The van der Waals surface area contributed by atoms with Crippen molar-refractivity contribution in [2.75, 3.05) is 19.7 Å². The fraction of sp³-hybridized carbons (Fsp3) is 0.571. The fourth-order valence-electron chi connectivity index (χ4n) is 3.02. The molecule has 3 rings (SSSR count). The van der Waals surface area contributed by atoms with Gasteiger partial charge in [-0.2, -0.15) is 0 Å². The van der Waals surface area contributed by atoms with Crippen molar-refractivity contribution in [3.05, 3.63) is 35.9 Å². The van der Waals surface area contributed by atoms with Crippen LogP contribution in [0.5, 0.6) is 0 Å². The zero-order valence-corrected chi connectivity index (χ0v) is 9.61. The van der Waals surface area contributed by atoms with E-state index in [4.69, 9.17) is 4.74 Å². The number of hydrogen-bond donors (Lipinski definition) is 1. The number of rotatable bonds is 1. The van der Waals surface area contributed by atoms with Crippen LogP contribution in [0.2, 0.25) is 0 Å². The van der Waals surface area contributed by atoms with Gasteiger partial charge in [0.2, 0.25) is 0 Å². The van der Waals surface area contributed by atoms with Crippen molar-refractivity contribution in [1.29, 1.82) is 0 Å². The highest BCUT2D eigenvalue weighted by Crippen LogP contribution is 2.39. The van der Waals surface area contributed by atoms with E-state index in [2.05, 4.69) is 35.6 Å². The second-order valence-electron chi connectivity index (χ2n) is 5.09. The summed E-state index contributed by atoms with van der Waals surface area (Å²) in [5.41, 5.74) is 1.57. The van der Waals surface area contributed by atoms with Gasteiger partial charge in [0, 0.05) is 12.5 Å². The predicted molar refractivity (Wildman–Crippen MR) is 64.6 cm³/mol. The van der Waals surface area contributed by atoms with Gasteiger partial charge < -0.3 is 10.1 Å². The zero-order chi connectivity index (χ0) is 10.8. The molecule has 0 aromatic heterocycles. The summed E-state index contributed by atoms with van der Waals surface area (Å²) in [6.07, 6.45) is 3.66. The van der Waals surface area contributed by atoms with Crippen molar-refractivity contribution in [1.82, 2.24) is 5.32 Å². The third-order valence-electron chi connectivity index (χ3n) is 3.91. The number of benzene rings is 1. The Morgan fingerprint density at radius 1 is 1.25 bits per heavy atom. The summed E-state index contributed by atoms with van der Waals surface area (Å²) in [5.74, 6) is 0.598. The van der Waals surface area contributed by atoms with E-state index in [1.54, 1.807) is 0 Å². The second kappa shape index (κ2) is 4.19. The molecule has 2 saturated heterocycles. The maximum absolute atomic E-state index is 6.09. The summed E-state index contributed by atoms with van der Waals surface area (Å²) in [6.45, 7) is 3.09. The molecule has 16 heavy (non-hydrogen) atoms. The highest BCUT2D eigenvalue weighted by atomic mass is 16.5. The third kappa shape index (κ3) is 1.87. The summed E-state index contributed by atoms with van der Waals surface area (Å²) in [5, 5.41) is 3.46. The summed E-state index contributed by atoms with van der Waals surface area (Å²) >= 11 is 0. The quantitative estimate of drug-likeness (QED) is 0.779. The van der Waals surface area contributed by atoms with Crippen molar-refractivity contribution in [2.24, 2.45) is 0 Å². The van der Waals surface area contributed by atoms with E-state index in [1.807, 2.05) is 0 Å². The van der Waals surface area contributed by atoms with Crippen LogP contribution >= 0.6 is 0 Å². The van der Waals surface area contributed by atoms with Crippen LogP contribution in [0.4, 0.5) is 0 Å². The maximum Gasteiger partial charge on any atom is 0.0813 e. The van der Waals surface area contributed by atoms with Crippen LogP contribution in [-0.2, 0) is 4.74 Å². The molecule has 1 aromatic rings. The molecule has 1 aromatic carbocycles. The maximum atomic E-state index is 6.09. The number of hydrogen-bond acceptors (Lipinski definition) is 2. The van der Waals surface area contributed by atoms with Crippen molar-refractivity contribution < 1.29 is 4.74 Å². The highest BCUT2D eigenvalue weighted by Gasteiger charge is 2.41. The molecule has 2 aliphatic heterocycles. The van der Waals surface area contributed by atoms with Crippen LogP contribution in [0, 0.1) is 0 Å². The standard InChI is InChI=1S/C14H19NO/c1-2-5-12(6-3-1)13-9-14(16-10-13)7-4-8-15-11-14/h1-3,5-6,13,15H,4,7-11H2.